The third kappa shape index (κ3) is 1.27. The summed E-state index contributed by atoms with van der Waals surface area (Å²) in [5, 5.41) is 0. The second-order valence-electron chi connectivity index (χ2n) is 2.88. The van der Waals surface area contributed by atoms with Gasteiger partial charge in [0.05, 0.1) is 7.14 Å². The Balaban J connectivity index is 2.67. The van der Waals surface area contributed by atoms with Crippen molar-refractivity contribution in [3.63, 3.8) is 0 Å². The van der Waals surface area contributed by atoms with Crippen molar-refractivity contribution < 1.29 is 4.57 Å². The highest BCUT2D eigenvalue weighted by molar-refractivity contribution is 7.65. The van der Waals surface area contributed by atoms with Crippen molar-refractivity contribution in [3.8, 4) is 0 Å². The normalized spacial score (nSPS) is 23.4. The lowest BCUT2D eigenvalue weighted by Crippen LogP contribution is -1.99. The molecule has 1 nitrogen and oxygen atoms in total. The molecule has 1 aliphatic rings. The Hall–Kier alpha value is -0.0300. The summed E-state index contributed by atoms with van der Waals surface area (Å²) >= 11 is 0. The van der Waals surface area contributed by atoms with Gasteiger partial charge in [-0.15, -0.1) is 0 Å². The maximum absolute atomic E-state index is 11.7. The van der Waals surface area contributed by atoms with Crippen LogP contribution in [0, 0.1) is 0 Å². The van der Waals surface area contributed by atoms with Gasteiger partial charge in [0.2, 0.25) is 0 Å². The first-order valence-electron chi connectivity index (χ1n) is 3.38. The molecule has 1 rings (SSSR count). The van der Waals surface area contributed by atoms with E-state index in [1.54, 1.807) is 0 Å². The van der Waals surface area contributed by atoms with E-state index in [-0.39, 0.29) is 0 Å². The molecule has 52 valence electrons. The van der Waals surface area contributed by atoms with Crippen LogP contribution in [-0.2, 0) is 4.57 Å². The van der Waals surface area contributed by atoms with E-state index in [9.17, 15) is 4.57 Å². The smallest absolute Gasteiger partial charge is 0.0972 e. The first-order chi connectivity index (χ1) is 4.15. The van der Waals surface area contributed by atoms with Crippen molar-refractivity contribution in [2.24, 2.45) is 0 Å². The molecule has 2 heteroatoms. The predicted octanol–water partition coefficient (Wildman–Crippen LogP) is 2.33. The summed E-state index contributed by atoms with van der Waals surface area (Å²) in [5.74, 6) is 0. The van der Waals surface area contributed by atoms with Gasteiger partial charge < -0.3 is 4.57 Å². The molecule has 0 saturated carbocycles. The lowest BCUT2D eigenvalue weighted by atomic mass is 10.6. The number of allylic oxidation sites excluding steroid dienone is 2. The predicted molar refractivity (Wildman–Crippen MR) is 41.6 cm³/mol. The van der Waals surface area contributed by atoms with Gasteiger partial charge in [0.25, 0.3) is 0 Å². The highest BCUT2D eigenvalue weighted by Crippen LogP contribution is 2.53. The van der Waals surface area contributed by atoms with Crippen LogP contribution in [0.4, 0.5) is 0 Å². The van der Waals surface area contributed by atoms with E-state index in [0.29, 0.717) is 5.66 Å². The summed E-state index contributed by atoms with van der Waals surface area (Å²) in [6.45, 7) is 4.10. The van der Waals surface area contributed by atoms with E-state index < -0.39 is 7.14 Å². The van der Waals surface area contributed by atoms with Crippen molar-refractivity contribution >= 4 is 7.14 Å². The molecule has 1 aliphatic heterocycles. The second kappa shape index (κ2) is 2.30. The van der Waals surface area contributed by atoms with Crippen molar-refractivity contribution in [2.75, 3.05) is 12.3 Å². The summed E-state index contributed by atoms with van der Waals surface area (Å²) in [6, 6.07) is 0. The summed E-state index contributed by atoms with van der Waals surface area (Å²) < 4.78 is 11.7. The zero-order valence-corrected chi connectivity index (χ0v) is 6.90. The minimum absolute atomic E-state index is 0.382. The van der Waals surface area contributed by atoms with E-state index >= 15 is 0 Å². The van der Waals surface area contributed by atoms with Crippen LogP contribution in [0.1, 0.15) is 13.8 Å². The fraction of sp³-hybridized carbons (Fsp3) is 0.714. The minimum Gasteiger partial charge on any atom is -0.323 e. The molecule has 0 bridgehead atoms. The summed E-state index contributed by atoms with van der Waals surface area (Å²) in [6.07, 6.45) is 5.76. The van der Waals surface area contributed by atoms with E-state index in [4.69, 9.17) is 0 Å². The van der Waals surface area contributed by atoms with Gasteiger partial charge in [0.15, 0.2) is 0 Å². The second-order valence-corrected chi connectivity index (χ2v) is 6.55. The van der Waals surface area contributed by atoms with E-state index in [1.165, 1.54) is 0 Å². The van der Waals surface area contributed by atoms with E-state index in [1.807, 2.05) is 26.0 Å². The molecule has 0 aliphatic carbocycles. The topological polar surface area (TPSA) is 17.1 Å². The maximum Gasteiger partial charge on any atom is 0.0972 e. The molecular formula is C7H13OP. The van der Waals surface area contributed by atoms with Crippen LogP contribution < -0.4 is 0 Å². The first kappa shape index (κ1) is 7.08. The molecule has 0 fully saturated rings. The molecule has 9 heavy (non-hydrogen) atoms. The Morgan fingerprint density at radius 2 is 1.78 bits per heavy atom. The largest absolute Gasteiger partial charge is 0.323 e. The molecule has 0 unspecified atom stereocenters. The summed E-state index contributed by atoms with van der Waals surface area (Å²) in [7, 11) is -1.75. The quantitative estimate of drug-likeness (QED) is 0.407. The van der Waals surface area contributed by atoms with Gasteiger partial charge in [-0.25, -0.2) is 0 Å². The molecule has 0 aromatic rings. The van der Waals surface area contributed by atoms with Gasteiger partial charge in [-0.3, -0.25) is 0 Å². The molecule has 1 heterocycles. The monoisotopic (exact) mass is 144 g/mol. The fourth-order valence-corrected chi connectivity index (χ4v) is 3.01. The first-order valence-corrected chi connectivity index (χ1v) is 5.52. The number of hydrogen-bond acceptors (Lipinski definition) is 1. The van der Waals surface area contributed by atoms with Crippen molar-refractivity contribution in [1.82, 2.24) is 0 Å². The van der Waals surface area contributed by atoms with Crippen LogP contribution in [0.15, 0.2) is 12.2 Å². The van der Waals surface area contributed by atoms with Gasteiger partial charge in [-0.1, -0.05) is 26.0 Å². The maximum atomic E-state index is 11.7. The molecule has 0 aromatic heterocycles. The Kier molecular flexibility index (Phi) is 1.81. The van der Waals surface area contributed by atoms with Crippen LogP contribution in [0.25, 0.3) is 0 Å². The summed E-state index contributed by atoms with van der Waals surface area (Å²) in [5.41, 5.74) is 0.382. The third-order valence-electron chi connectivity index (χ3n) is 1.94. The van der Waals surface area contributed by atoms with E-state index in [0.717, 1.165) is 12.3 Å². The van der Waals surface area contributed by atoms with Crippen molar-refractivity contribution in [3.05, 3.63) is 12.2 Å². The van der Waals surface area contributed by atoms with Gasteiger partial charge >= 0.3 is 0 Å². The summed E-state index contributed by atoms with van der Waals surface area (Å²) in [4.78, 5) is 0. The van der Waals surface area contributed by atoms with Gasteiger partial charge in [0, 0.05) is 18.0 Å². The standard InChI is InChI=1S/C7H13OP/c1-7(2)9(8)5-3-4-6-9/h3-4,7H,5-6H2,1-2H3. The lowest BCUT2D eigenvalue weighted by molar-refractivity contribution is 0.573. The van der Waals surface area contributed by atoms with Crippen molar-refractivity contribution in [2.45, 2.75) is 19.5 Å². The average Bonchev–Trinajstić information content (AvgIpc) is 2.16. The van der Waals surface area contributed by atoms with Crippen LogP contribution in [-0.4, -0.2) is 18.0 Å². The van der Waals surface area contributed by atoms with Gasteiger partial charge in [-0.05, 0) is 0 Å². The highest BCUT2D eigenvalue weighted by Gasteiger charge is 2.26. The van der Waals surface area contributed by atoms with Gasteiger partial charge in [0.1, 0.15) is 0 Å². The molecule has 0 saturated heterocycles. The Morgan fingerprint density at radius 3 is 2.00 bits per heavy atom. The van der Waals surface area contributed by atoms with Gasteiger partial charge in [-0.2, -0.15) is 0 Å². The van der Waals surface area contributed by atoms with Crippen molar-refractivity contribution in [1.29, 1.82) is 0 Å². The molecule has 0 radical (unpaired) electrons. The lowest BCUT2D eigenvalue weighted by Gasteiger charge is -2.14. The molecule has 0 spiro atoms. The Bertz CT molecular complexity index is 158. The van der Waals surface area contributed by atoms with Crippen LogP contribution in [0.5, 0.6) is 0 Å². The molecule has 0 aromatic carbocycles. The molecular weight excluding hydrogens is 131 g/mol. The number of hydrogen-bond donors (Lipinski definition) is 0. The third-order valence-corrected chi connectivity index (χ3v) is 5.48. The highest BCUT2D eigenvalue weighted by atomic mass is 31.2. The zero-order chi connectivity index (χ0) is 6.91. The van der Waals surface area contributed by atoms with Crippen LogP contribution in [0.3, 0.4) is 0 Å². The minimum atomic E-state index is -1.75. The zero-order valence-electron chi connectivity index (χ0n) is 6.00. The molecule has 0 N–H and O–H groups in total. The van der Waals surface area contributed by atoms with Crippen LogP contribution >= 0.6 is 7.14 Å². The number of rotatable bonds is 1. The fourth-order valence-electron chi connectivity index (χ4n) is 1.00. The SMILES string of the molecule is CC(C)P1(=O)CC=CC1. The molecule has 0 atom stereocenters. The molecule has 0 amide bonds. The Labute approximate surface area is 56.5 Å². The Morgan fingerprint density at radius 1 is 1.33 bits per heavy atom. The van der Waals surface area contributed by atoms with E-state index in [2.05, 4.69) is 0 Å². The van der Waals surface area contributed by atoms with Crippen LogP contribution in [0.2, 0.25) is 0 Å². The average molecular weight is 144 g/mol.